The van der Waals surface area contributed by atoms with E-state index in [0.29, 0.717) is 11.5 Å². The maximum atomic E-state index is 5.71. The molecule has 0 aliphatic rings. The van der Waals surface area contributed by atoms with Crippen molar-refractivity contribution in [3.63, 3.8) is 0 Å². The average molecular weight is 217 g/mol. The summed E-state index contributed by atoms with van der Waals surface area (Å²) in [7, 11) is 0. The van der Waals surface area contributed by atoms with Gasteiger partial charge in [-0.25, -0.2) is 0 Å². The molecule has 84 valence electrons. The molecule has 0 amide bonds. The van der Waals surface area contributed by atoms with Crippen molar-refractivity contribution in [3.05, 3.63) is 24.3 Å². The molecule has 2 aromatic rings. The largest absolute Gasteiger partial charge is 0.399 e. The maximum Gasteiger partial charge on any atom is 0.205 e. The van der Waals surface area contributed by atoms with Gasteiger partial charge in [-0.1, -0.05) is 12.1 Å². The molecule has 0 unspecified atom stereocenters. The van der Waals surface area contributed by atoms with Crippen molar-refractivity contribution >= 4 is 5.69 Å². The SMILES string of the molecule is CC(C)(C)n1nnc(-c2cccc(N)c2)n1. The van der Waals surface area contributed by atoms with E-state index in [0.717, 1.165) is 5.56 Å². The zero-order valence-corrected chi connectivity index (χ0v) is 9.68. The fraction of sp³-hybridized carbons (Fsp3) is 0.364. The Morgan fingerprint density at radius 3 is 2.56 bits per heavy atom. The van der Waals surface area contributed by atoms with Gasteiger partial charge in [-0.15, -0.1) is 10.2 Å². The average Bonchev–Trinajstić information content (AvgIpc) is 2.65. The number of nitrogen functional groups attached to an aromatic ring is 1. The minimum absolute atomic E-state index is 0.161. The molecule has 0 aliphatic carbocycles. The van der Waals surface area contributed by atoms with Gasteiger partial charge in [0.25, 0.3) is 0 Å². The van der Waals surface area contributed by atoms with Gasteiger partial charge in [0, 0.05) is 11.3 Å². The third-order valence-corrected chi connectivity index (χ3v) is 2.16. The number of nitrogens with zero attached hydrogens (tertiary/aromatic N) is 4. The highest BCUT2D eigenvalue weighted by atomic mass is 15.6. The second kappa shape index (κ2) is 3.59. The standard InChI is InChI=1S/C11H15N5/c1-11(2,3)16-14-10(13-15-16)8-5-4-6-9(12)7-8/h4-7H,12H2,1-3H3. The molecule has 2 rings (SSSR count). The molecule has 5 nitrogen and oxygen atoms in total. The zero-order valence-electron chi connectivity index (χ0n) is 9.68. The lowest BCUT2D eigenvalue weighted by Gasteiger charge is -2.15. The Hall–Kier alpha value is -1.91. The van der Waals surface area contributed by atoms with Crippen molar-refractivity contribution in [1.82, 2.24) is 20.2 Å². The lowest BCUT2D eigenvalue weighted by molar-refractivity contribution is 0.306. The van der Waals surface area contributed by atoms with Gasteiger partial charge in [0.2, 0.25) is 5.82 Å². The van der Waals surface area contributed by atoms with Crippen molar-refractivity contribution < 1.29 is 0 Å². The highest BCUT2D eigenvalue weighted by Gasteiger charge is 2.17. The Kier molecular flexibility index (Phi) is 2.38. The predicted molar refractivity (Wildman–Crippen MR) is 62.7 cm³/mol. The molecule has 0 atom stereocenters. The van der Waals surface area contributed by atoms with E-state index in [2.05, 4.69) is 15.4 Å². The summed E-state index contributed by atoms with van der Waals surface area (Å²) < 4.78 is 0. The lowest BCUT2D eigenvalue weighted by atomic mass is 10.1. The van der Waals surface area contributed by atoms with Crippen LogP contribution < -0.4 is 5.73 Å². The van der Waals surface area contributed by atoms with E-state index >= 15 is 0 Å². The number of aromatic nitrogens is 4. The molecule has 0 saturated carbocycles. The fourth-order valence-electron chi connectivity index (χ4n) is 1.29. The first-order chi connectivity index (χ1) is 7.47. The highest BCUT2D eigenvalue weighted by molar-refractivity contribution is 5.60. The van der Waals surface area contributed by atoms with E-state index in [9.17, 15) is 0 Å². The molecular formula is C11H15N5. The van der Waals surface area contributed by atoms with Gasteiger partial charge in [0.15, 0.2) is 0 Å². The van der Waals surface area contributed by atoms with E-state index in [1.54, 1.807) is 4.80 Å². The molecule has 2 N–H and O–H groups in total. The van der Waals surface area contributed by atoms with E-state index in [-0.39, 0.29) is 5.54 Å². The number of rotatable bonds is 1. The number of hydrogen-bond acceptors (Lipinski definition) is 4. The summed E-state index contributed by atoms with van der Waals surface area (Å²) in [5.74, 6) is 0.599. The molecule has 16 heavy (non-hydrogen) atoms. The van der Waals surface area contributed by atoms with Crippen LogP contribution in [0.5, 0.6) is 0 Å². The number of nitrogens with two attached hydrogens (primary N) is 1. The Morgan fingerprint density at radius 2 is 2.00 bits per heavy atom. The molecular weight excluding hydrogens is 202 g/mol. The normalized spacial score (nSPS) is 11.7. The molecule has 0 spiro atoms. The molecule has 5 heteroatoms. The Morgan fingerprint density at radius 1 is 1.25 bits per heavy atom. The molecule has 0 fully saturated rings. The zero-order chi connectivity index (χ0) is 11.8. The van der Waals surface area contributed by atoms with Crippen molar-refractivity contribution in [2.24, 2.45) is 0 Å². The van der Waals surface area contributed by atoms with Gasteiger partial charge >= 0.3 is 0 Å². The number of tetrazole rings is 1. The van der Waals surface area contributed by atoms with E-state index in [1.807, 2.05) is 45.0 Å². The molecule has 1 aromatic carbocycles. The van der Waals surface area contributed by atoms with E-state index in [1.165, 1.54) is 0 Å². The maximum absolute atomic E-state index is 5.71. The predicted octanol–water partition coefficient (Wildman–Crippen LogP) is 1.68. The Balaban J connectivity index is 2.39. The van der Waals surface area contributed by atoms with Gasteiger partial charge in [-0.2, -0.15) is 4.80 Å². The fourth-order valence-corrected chi connectivity index (χ4v) is 1.29. The summed E-state index contributed by atoms with van der Waals surface area (Å²) in [5.41, 5.74) is 7.13. The number of anilines is 1. The second-order valence-electron chi connectivity index (χ2n) is 4.70. The van der Waals surface area contributed by atoms with Crippen LogP contribution in [0.15, 0.2) is 24.3 Å². The number of benzene rings is 1. The first kappa shape index (κ1) is 10.6. The van der Waals surface area contributed by atoms with Crippen molar-refractivity contribution in [3.8, 4) is 11.4 Å². The van der Waals surface area contributed by atoms with Crippen LogP contribution in [0, 0.1) is 0 Å². The summed E-state index contributed by atoms with van der Waals surface area (Å²) in [5, 5.41) is 12.4. The summed E-state index contributed by atoms with van der Waals surface area (Å²) in [4.78, 5) is 1.60. The van der Waals surface area contributed by atoms with Gasteiger partial charge in [-0.05, 0) is 38.1 Å². The van der Waals surface area contributed by atoms with E-state index in [4.69, 9.17) is 5.73 Å². The Bertz CT molecular complexity index is 495. The minimum Gasteiger partial charge on any atom is -0.399 e. The molecule has 0 saturated heterocycles. The summed E-state index contributed by atoms with van der Waals surface area (Å²) in [6.45, 7) is 6.08. The van der Waals surface area contributed by atoms with Crippen LogP contribution >= 0.6 is 0 Å². The summed E-state index contributed by atoms with van der Waals surface area (Å²) >= 11 is 0. The van der Waals surface area contributed by atoms with Crippen molar-refractivity contribution in [1.29, 1.82) is 0 Å². The topological polar surface area (TPSA) is 69.6 Å². The van der Waals surface area contributed by atoms with Gasteiger partial charge < -0.3 is 5.73 Å². The summed E-state index contributed by atoms with van der Waals surface area (Å²) in [6.07, 6.45) is 0. The summed E-state index contributed by atoms with van der Waals surface area (Å²) in [6, 6.07) is 7.46. The lowest BCUT2D eigenvalue weighted by Crippen LogP contribution is -2.24. The minimum atomic E-state index is -0.161. The van der Waals surface area contributed by atoms with Crippen molar-refractivity contribution in [2.75, 3.05) is 5.73 Å². The molecule has 1 heterocycles. The molecule has 0 radical (unpaired) electrons. The highest BCUT2D eigenvalue weighted by Crippen LogP contribution is 2.18. The van der Waals surface area contributed by atoms with Crippen LogP contribution in [0.2, 0.25) is 0 Å². The van der Waals surface area contributed by atoms with Crippen LogP contribution in [0.4, 0.5) is 5.69 Å². The number of hydrogen-bond donors (Lipinski definition) is 1. The van der Waals surface area contributed by atoms with Crippen LogP contribution in [-0.2, 0) is 5.54 Å². The quantitative estimate of drug-likeness (QED) is 0.738. The van der Waals surface area contributed by atoms with Crippen LogP contribution in [0.1, 0.15) is 20.8 Å². The van der Waals surface area contributed by atoms with Gasteiger partial charge in [-0.3, -0.25) is 0 Å². The first-order valence-electron chi connectivity index (χ1n) is 5.13. The van der Waals surface area contributed by atoms with Crippen molar-refractivity contribution in [2.45, 2.75) is 26.3 Å². The van der Waals surface area contributed by atoms with E-state index < -0.39 is 0 Å². The van der Waals surface area contributed by atoms with Gasteiger partial charge in [0.1, 0.15) is 0 Å². The second-order valence-corrected chi connectivity index (χ2v) is 4.70. The van der Waals surface area contributed by atoms with Crippen LogP contribution in [0.25, 0.3) is 11.4 Å². The molecule has 0 aliphatic heterocycles. The van der Waals surface area contributed by atoms with Gasteiger partial charge in [0.05, 0.1) is 5.54 Å². The smallest absolute Gasteiger partial charge is 0.205 e. The third kappa shape index (κ3) is 2.03. The molecule has 1 aromatic heterocycles. The van der Waals surface area contributed by atoms with Crippen LogP contribution in [-0.4, -0.2) is 20.2 Å². The third-order valence-electron chi connectivity index (χ3n) is 2.16. The first-order valence-corrected chi connectivity index (χ1v) is 5.13. The Labute approximate surface area is 94.3 Å². The van der Waals surface area contributed by atoms with Crippen LogP contribution in [0.3, 0.4) is 0 Å². The molecule has 0 bridgehead atoms. The monoisotopic (exact) mass is 217 g/mol.